The van der Waals surface area contributed by atoms with Crippen LogP contribution in [0.2, 0.25) is 0 Å². The zero-order valence-electron chi connectivity index (χ0n) is 18.8. The average molecular weight is 437 g/mol. The fraction of sp³-hybridized carbons (Fsp3) is 0.240. The standard InChI is InChI=1S/C25H28N2O5/c1-29-21-10-5-18(6-11-21)16-27(17-19-7-12-22(30-2)13-8-19)25(28)26-20-9-14-23(31-3)24(15-20)32-4/h5-15H,16-17H2,1-4H3,(H,26,28). The van der Waals surface area contributed by atoms with Gasteiger partial charge in [0.1, 0.15) is 11.5 Å². The van der Waals surface area contributed by atoms with Crippen LogP contribution in [0.1, 0.15) is 11.1 Å². The summed E-state index contributed by atoms with van der Waals surface area (Å²) in [6.07, 6.45) is 0. The Balaban J connectivity index is 1.81. The number of amides is 2. The second-order valence-corrected chi connectivity index (χ2v) is 7.05. The number of urea groups is 1. The fourth-order valence-corrected chi connectivity index (χ4v) is 3.22. The minimum atomic E-state index is -0.233. The molecule has 0 fully saturated rings. The van der Waals surface area contributed by atoms with E-state index in [0.29, 0.717) is 30.3 Å². The third kappa shape index (κ3) is 5.85. The van der Waals surface area contributed by atoms with Gasteiger partial charge in [0.25, 0.3) is 0 Å². The molecule has 0 heterocycles. The normalized spacial score (nSPS) is 10.2. The summed E-state index contributed by atoms with van der Waals surface area (Å²) in [5.74, 6) is 2.68. The van der Waals surface area contributed by atoms with Gasteiger partial charge in [-0.25, -0.2) is 4.79 Å². The van der Waals surface area contributed by atoms with Crippen LogP contribution < -0.4 is 24.3 Å². The molecule has 168 valence electrons. The first-order valence-electron chi connectivity index (χ1n) is 10.1. The molecule has 7 heteroatoms. The van der Waals surface area contributed by atoms with Gasteiger partial charge in [0.05, 0.1) is 28.4 Å². The molecule has 0 radical (unpaired) electrons. The van der Waals surface area contributed by atoms with Crippen molar-refractivity contribution in [3.8, 4) is 23.0 Å². The molecule has 0 atom stereocenters. The van der Waals surface area contributed by atoms with Crippen LogP contribution in [0.3, 0.4) is 0 Å². The molecule has 1 N–H and O–H groups in total. The van der Waals surface area contributed by atoms with Gasteiger partial charge in [0.15, 0.2) is 11.5 Å². The van der Waals surface area contributed by atoms with Crippen molar-refractivity contribution in [1.29, 1.82) is 0 Å². The van der Waals surface area contributed by atoms with E-state index in [-0.39, 0.29) is 6.03 Å². The first-order valence-corrected chi connectivity index (χ1v) is 10.1. The van der Waals surface area contributed by atoms with E-state index in [0.717, 1.165) is 22.6 Å². The van der Waals surface area contributed by atoms with Crippen molar-refractivity contribution < 1.29 is 23.7 Å². The van der Waals surface area contributed by atoms with Gasteiger partial charge in [0.2, 0.25) is 0 Å². The Bertz CT molecular complexity index is 970. The first-order chi connectivity index (χ1) is 15.6. The summed E-state index contributed by atoms with van der Waals surface area (Å²) in [6.45, 7) is 0.851. The summed E-state index contributed by atoms with van der Waals surface area (Å²) >= 11 is 0. The number of ether oxygens (including phenoxy) is 4. The molecule has 3 rings (SSSR count). The van der Waals surface area contributed by atoms with E-state index in [2.05, 4.69) is 5.32 Å². The second-order valence-electron chi connectivity index (χ2n) is 7.05. The minimum Gasteiger partial charge on any atom is -0.497 e. The molecular weight excluding hydrogens is 408 g/mol. The molecule has 3 aromatic rings. The number of methoxy groups -OCH3 is 4. The highest BCUT2D eigenvalue weighted by atomic mass is 16.5. The Hall–Kier alpha value is -3.87. The maximum Gasteiger partial charge on any atom is 0.322 e. The summed E-state index contributed by atoms with van der Waals surface area (Å²) in [6, 6.07) is 20.4. The van der Waals surface area contributed by atoms with Crippen LogP contribution in [0.4, 0.5) is 10.5 Å². The van der Waals surface area contributed by atoms with Crippen molar-refractivity contribution in [2.75, 3.05) is 33.8 Å². The van der Waals surface area contributed by atoms with Gasteiger partial charge in [-0.05, 0) is 47.5 Å². The topological polar surface area (TPSA) is 69.3 Å². The lowest BCUT2D eigenvalue weighted by Gasteiger charge is -2.24. The highest BCUT2D eigenvalue weighted by Crippen LogP contribution is 2.30. The number of benzene rings is 3. The third-order valence-corrected chi connectivity index (χ3v) is 4.99. The van der Waals surface area contributed by atoms with E-state index in [4.69, 9.17) is 18.9 Å². The molecule has 0 saturated heterocycles. The summed E-state index contributed by atoms with van der Waals surface area (Å²) < 4.78 is 21.1. The lowest BCUT2D eigenvalue weighted by molar-refractivity contribution is 0.206. The number of rotatable bonds is 9. The van der Waals surface area contributed by atoms with Crippen molar-refractivity contribution in [3.63, 3.8) is 0 Å². The molecule has 7 nitrogen and oxygen atoms in total. The summed E-state index contributed by atoms with van der Waals surface area (Å²) in [5, 5.41) is 2.96. The van der Waals surface area contributed by atoms with Crippen LogP contribution in [0.5, 0.6) is 23.0 Å². The molecular formula is C25H28N2O5. The lowest BCUT2D eigenvalue weighted by Crippen LogP contribution is -2.34. The van der Waals surface area contributed by atoms with Gasteiger partial charge < -0.3 is 29.2 Å². The first kappa shape index (κ1) is 22.8. The Morgan fingerprint density at radius 3 is 1.62 bits per heavy atom. The molecule has 0 saturated carbocycles. The van der Waals surface area contributed by atoms with Gasteiger partial charge >= 0.3 is 6.03 Å². The lowest BCUT2D eigenvalue weighted by atomic mass is 10.1. The van der Waals surface area contributed by atoms with Crippen LogP contribution in [-0.4, -0.2) is 39.4 Å². The Kier molecular flexibility index (Phi) is 7.80. The van der Waals surface area contributed by atoms with Crippen molar-refractivity contribution in [2.45, 2.75) is 13.1 Å². The summed E-state index contributed by atoms with van der Waals surface area (Å²) in [5.41, 5.74) is 2.59. The van der Waals surface area contributed by atoms with Crippen molar-refractivity contribution >= 4 is 11.7 Å². The van der Waals surface area contributed by atoms with Crippen molar-refractivity contribution in [1.82, 2.24) is 4.90 Å². The summed E-state index contributed by atoms with van der Waals surface area (Å²) in [7, 11) is 6.38. The fourth-order valence-electron chi connectivity index (χ4n) is 3.22. The number of anilines is 1. The molecule has 0 aromatic heterocycles. The highest BCUT2D eigenvalue weighted by Gasteiger charge is 2.16. The average Bonchev–Trinajstić information content (AvgIpc) is 2.84. The molecule has 0 unspecified atom stereocenters. The summed E-state index contributed by atoms with van der Waals surface area (Å²) in [4.78, 5) is 15.0. The number of nitrogens with one attached hydrogen (secondary N) is 1. The molecule has 32 heavy (non-hydrogen) atoms. The number of hydrogen-bond acceptors (Lipinski definition) is 5. The van der Waals surface area contributed by atoms with E-state index >= 15 is 0 Å². The van der Waals surface area contributed by atoms with E-state index < -0.39 is 0 Å². The van der Waals surface area contributed by atoms with E-state index in [1.54, 1.807) is 51.5 Å². The molecule has 0 aliphatic carbocycles. The van der Waals surface area contributed by atoms with Crippen LogP contribution in [0.25, 0.3) is 0 Å². The van der Waals surface area contributed by atoms with Gasteiger partial charge in [0, 0.05) is 24.8 Å². The zero-order valence-corrected chi connectivity index (χ0v) is 18.8. The molecule has 0 aliphatic heterocycles. The quantitative estimate of drug-likeness (QED) is 0.514. The largest absolute Gasteiger partial charge is 0.497 e. The third-order valence-electron chi connectivity index (χ3n) is 4.99. The van der Waals surface area contributed by atoms with Crippen LogP contribution in [0, 0.1) is 0 Å². The molecule has 0 aliphatic rings. The SMILES string of the molecule is COc1ccc(CN(Cc2ccc(OC)cc2)C(=O)Nc2ccc(OC)c(OC)c2)cc1. The Morgan fingerprint density at radius 2 is 1.19 bits per heavy atom. The van der Waals surface area contributed by atoms with Crippen LogP contribution in [-0.2, 0) is 13.1 Å². The van der Waals surface area contributed by atoms with Crippen LogP contribution >= 0.6 is 0 Å². The number of carbonyl (C=O) groups is 1. The van der Waals surface area contributed by atoms with Crippen molar-refractivity contribution in [2.24, 2.45) is 0 Å². The Morgan fingerprint density at radius 1 is 0.688 bits per heavy atom. The van der Waals surface area contributed by atoms with Crippen molar-refractivity contribution in [3.05, 3.63) is 77.9 Å². The van der Waals surface area contributed by atoms with E-state index in [1.807, 2.05) is 48.5 Å². The predicted molar refractivity (Wildman–Crippen MR) is 124 cm³/mol. The van der Waals surface area contributed by atoms with Gasteiger partial charge in [-0.2, -0.15) is 0 Å². The highest BCUT2D eigenvalue weighted by molar-refractivity contribution is 5.89. The number of carbonyl (C=O) groups excluding carboxylic acids is 1. The minimum absolute atomic E-state index is 0.233. The molecule has 0 bridgehead atoms. The Labute approximate surface area is 188 Å². The second kappa shape index (κ2) is 10.9. The molecule has 0 spiro atoms. The number of nitrogens with zero attached hydrogens (tertiary/aromatic N) is 1. The maximum atomic E-state index is 13.2. The van der Waals surface area contributed by atoms with Crippen LogP contribution in [0.15, 0.2) is 66.7 Å². The van der Waals surface area contributed by atoms with Gasteiger partial charge in [-0.1, -0.05) is 24.3 Å². The maximum absolute atomic E-state index is 13.2. The molecule has 3 aromatic carbocycles. The monoisotopic (exact) mass is 436 g/mol. The zero-order chi connectivity index (χ0) is 22.9. The molecule has 2 amide bonds. The smallest absolute Gasteiger partial charge is 0.322 e. The van der Waals surface area contributed by atoms with E-state index in [1.165, 1.54) is 0 Å². The van der Waals surface area contributed by atoms with E-state index in [9.17, 15) is 4.79 Å². The van der Waals surface area contributed by atoms with Gasteiger partial charge in [-0.15, -0.1) is 0 Å². The number of hydrogen-bond donors (Lipinski definition) is 1. The predicted octanol–water partition coefficient (Wildman–Crippen LogP) is 4.96. The van der Waals surface area contributed by atoms with Gasteiger partial charge in [-0.3, -0.25) is 0 Å².